The van der Waals surface area contributed by atoms with Crippen molar-refractivity contribution in [1.29, 1.82) is 0 Å². The summed E-state index contributed by atoms with van der Waals surface area (Å²) in [5.74, 6) is -1.51. The summed E-state index contributed by atoms with van der Waals surface area (Å²) >= 11 is 5.40. The quantitative estimate of drug-likeness (QED) is 0.585. The van der Waals surface area contributed by atoms with E-state index in [1.54, 1.807) is 51.1 Å². The summed E-state index contributed by atoms with van der Waals surface area (Å²) < 4.78 is 19.1. The van der Waals surface area contributed by atoms with Crippen molar-refractivity contribution in [1.82, 2.24) is 20.5 Å². The molecular weight excluding hydrogens is 447 g/mol. The number of carbonyl (C=O) groups is 2. The van der Waals surface area contributed by atoms with Crippen molar-refractivity contribution < 1.29 is 23.8 Å². The highest BCUT2D eigenvalue weighted by molar-refractivity contribution is 7.80. The van der Waals surface area contributed by atoms with Crippen LogP contribution in [0.2, 0.25) is 0 Å². The third-order valence-corrected chi connectivity index (χ3v) is 5.44. The summed E-state index contributed by atoms with van der Waals surface area (Å²) in [4.78, 5) is 30.9. The summed E-state index contributed by atoms with van der Waals surface area (Å²) in [5, 5.41) is 15.9. The van der Waals surface area contributed by atoms with E-state index in [9.17, 15) is 19.1 Å². The van der Waals surface area contributed by atoms with Crippen molar-refractivity contribution in [2.75, 3.05) is 19.7 Å². The maximum Gasteiger partial charge on any atom is 0.410 e. The number of nitrogens with one attached hydrogen (secondary N) is 2. The van der Waals surface area contributed by atoms with Gasteiger partial charge in [0.15, 0.2) is 5.11 Å². The van der Waals surface area contributed by atoms with Gasteiger partial charge in [0.1, 0.15) is 17.0 Å². The molecule has 10 heteroatoms. The number of amides is 2. The lowest BCUT2D eigenvalue weighted by molar-refractivity contribution is 0.0277. The number of hydrogen-bond acceptors (Lipinski definition) is 6. The predicted molar refractivity (Wildman–Crippen MR) is 124 cm³/mol. The number of nitrogens with zero attached hydrogens (tertiary/aromatic N) is 2. The van der Waals surface area contributed by atoms with Crippen molar-refractivity contribution >= 4 is 29.3 Å². The number of aromatic nitrogens is 1. The first-order chi connectivity index (χ1) is 15.5. The molecule has 1 aliphatic heterocycles. The normalized spacial score (nSPS) is 20.3. The number of rotatable bonds is 4. The molecule has 2 amide bonds. The first-order valence-electron chi connectivity index (χ1n) is 10.4. The van der Waals surface area contributed by atoms with Crippen LogP contribution in [0.5, 0.6) is 0 Å². The highest BCUT2D eigenvalue weighted by Crippen LogP contribution is 2.37. The van der Waals surface area contributed by atoms with Crippen molar-refractivity contribution in [3.63, 3.8) is 0 Å². The van der Waals surface area contributed by atoms with Crippen LogP contribution in [-0.4, -0.2) is 57.4 Å². The lowest BCUT2D eigenvalue weighted by Gasteiger charge is -2.35. The summed E-state index contributed by atoms with van der Waals surface area (Å²) in [6.07, 6.45) is 0.487. The Labute approximate surface area is 197 Å². The zero-order valence-corrected chi connectivity index (χ0v) is 19.5. The molecule has 0 saturated carbocycles. The van der Waals surface area contributed by atoms with Gasteiger partial charge in [-0.1, -0.05) is 18.2 Å². The summed E-state index contributed by atoms with van der Waals surface area (Å²) in [7, 11) is 0. The number of carbonyl (C=O) groups excluding carboxylic acids is 2. The Hall–Kier alpha value is -3.11. The Morgan fingerprint density at radius 3 is 2.55 bits per heavy atom. The maximum absolute atomic E-state index is 13.6. The second-order valence-corrected chi connectivity index (χ2v) is 9.26. The lowest BCUT2D eigenvalue weighted by atomic mass is 9.84. The fourth-order valence-corrected chi connectivity index (χ4v) is 4.00. The smallest absolute Gasteiger partial charge is 0.410 e. The van der Waals surface area contributed by atoms with E-state index < -0.39 is 34.9 Å². The van der Waals surface area contributed by atoms with Gasteiger partial charge >= 0.3 is 6.09 Å². The van der Waals surface area contributed by atoms with Crippen LogP contribution in [0.4, 0.5) is 9.18 Å². The minimum Gasteiger partial charge on any atom is -0.444 e. The number of thiocarbonyl (C=S) groups is 1. The van der Waals surface area contributed by atoms with Crippen molar-refractivity contribution in [2.24, 2.45) is 5.92 Å². The molecule has 2 aromatic rings. The average Bonchev–Trinajstić information content (AvgIpc) is 3.13. The molecule has 3 rings (SSSR count). The Morgan fingerprint density at radius 1 is 1.27 bits per heavy atom. The van der Waals surface area contributed by atoms with E-state index in [-0.39, 0.29) is 24.8 Å². The fraction of sp³-hybridized carbons (Fsp3) is 0.391. The summed E-state index contributed by atoms with van der Waals surface area (Å²) in [5.41, 5.74) is -1.11. The van der Waals surface area contributed by atoms with Gasteiger partial charge in [0, 0.05) is 18.0 Å². The molecule has 2 heterocycles. The molecule has 0 radical (unpaired) electrons. The molecule has 2 atom stereocenters. The monoisotopic (exact) mass is 474 g/mol. The zero-order valence-electron chi connectivity index (χ0n) is 18.7. The summed E-state index contributed by atoms with van der Waals surface area (Å²) in [6, 6.07) is 11.2. The topological polar surface area (TPSA) is 104 Å². The van der Waals surface area contributed by atoms with Crippen LogP contribution in [0.25, 0.3) is 0 Å². The fourth-order valence-electron chi connectivity index (χ4n) is 3.73. The first kappa shape index (κ1) is 24.5. The SMILES string of the molecule is CC(C)(C)OC(=O)N1CC(CO)C(NC(=S)NC(=O)c2ccccc2)(c2ccc(F)cn2)C1. The lowest BCUT2D eigenvalue weighted by Crippen LogP contribution is -2.56. The molecule has 8 nitrogen and oxygen atoms in total. The van der Waals surface area contributed by atoms with Gasteiger partial charge in [0.2, 0.25) is 0 Å². The molecule has 1 aromatic heterocycles. The Morgan fingerprint density at radius 2 is 1.97 bits per heavy atom. The number of hydrogen-bond donors (Lipinski definition) is 3. The average molecular weight is 475 g/mol. The van der Waals surface area contributed by atoms with Crippen molar-refractivity contribution in [2.45, 2.75) is 31.9 Å². The van der Waals surface area contributed by atoms with E-state index in [4.69, 9.17) is 17.0 Å². The minimum atomic E-state index is -1.18. The molecule has 1 fully saturated rings. The van der Waals surface area contributed by atoms with Gasteiger partial charge in [0.25, 0.3) is 5.91 Å². The van der Waals surface area contributed by atoms with Crippen LogP contribution in [0.1, 0.15) is 36.8 Å². The van der Waals surface area contributed by atoms with Crippen LogP contribution < -0.4 is 10.6 Å². The van der Waals surface area contributed by atoms with E-state index in [2.05, 4.69) is 15.6 Å². The van der Waals surface area contributed by atoms with Gasteiger partial charge in [-0.05, 0) is 57.3 Å². The van der Waals surface area contributed by atoms with E-state index in [1.807, 2.05) is 0 Å². The van der Waals surface area contributed by atoms with Gasteiger partial charge in [0.05, 0.1) is 25.0 Å². The van der Waals surface area contributed by atoms with Crippen molar-refractivity contribution in [3.8, 4) is 0 Å². The highest BCUT2D eigenvalue weighted by atomic mass is 32.1. The molecule has 0 spiro atoms. The Kier molecular flexibility index (Phi) is 7.28. The molecular formula is C23H27FN4O4S. The van der Waals surface area contributed by atoms with Gasteiger partial charge < -0.3 is 20.1 Å². The van der Waals surface area contributed by atoms with E-state index >= 15 is 0 Å². The van der Waals surface area contributed by atoms with Crippen LogP contribution in [0.15, 0.2) is 48.7 Å². The van der Waals surface area contributed by atoms with Gasteiger partial charge in [-0.3, -0.25) is 15.1 Å². The molecule has 1 aliphatic rings. The van der Waals surface area contributed by atoms with Gasteiger partial charge in [-0.25, -0.2) is 9.18 Å². The van der Waals surface area contributed by atoms with E-state index in [1.165, 1.54) is 17.0 Å². The third kappa shape index (κ3) is 5.82. The standard InChI is InChI=1S/C23H27FN4O4S/c1-22(2,3)32-21(31)28-12-16(13-29)23(14-28,18-10-9-17(24)11-25-18)27-20(33)26-19(30)15-7-5-4-6-8-15/h4-11,16,29H,12-14H2,1-3H3,(H2,26,27,30,33). The number of likely N-dealkylation sites (tertiary alicyclic amines) is 1. The minimum absolute atomic E-state index is 0.0144. The Balaban J connectivity index is 1.90. The molecule has 33 heavy (non-hydrogen) atoms. The molecule has 0 aliphatic carbocycles. The third-order valence-electron chi connectivity index (χ3n) is 5.23. The number of ether oxygens (including phenoxy) is 1. The molecule has 3 N–H and O–H groups in total. The Bertz CT molecular complexity index is 1010. The van der Waals surface area contributed by atoms with Crippen LogP contribution >= 0.6 is 12.2 Å². The number of pyridine rings is 1. The van der Waals surface area contributed by atoms with E-state index in [0.29, 0.717) is 11.3 Å². The zero-order chi connectivity index (χ0) is 24.2. The van der Waals surface area contributed by atoms with Gasteiger partial charge in [-0.15, -0.1) is 0 Å². The molecule has 176 valence electrons. The number of halogens is 1. The number of benzene rings is 1. The summed E-state index contributed by atoms with van der Waals surface area (Å²) in [6.45, 7) is 5.13. The van der Waals surface area contributed by atoms with Gasteiger partial charge in [-0.2, -0.15) is 0 Å². The number of aliphatic hydroxyl groups is 1. The van der Waals surface area contributed by atoms with Crippen LogP contribution in [-0.2, 0) is 10.3 Å². The first-order valence-corrected chi connectivity index (χ1v) is 10.8. The van der Waals surface area contributed by atoms with Crippen LogP contribution in [0.3, 0.4) is 0 Å². The molecule has 1 saturated heterocycles. The number of aliphatic hydroxyl groups excluding tert-OH is 1. The highest BCUT2D eigenvalue weighted by Gasteiger charge is 2.51. The van der Waals surface area contributed by atoms with Crippen molar-refractivity contribution in [3.05, 3.63) is 65.7 Å². The second kappa shape index (κ2) is 9.80. The largest absolute Gasteiger partial charge is 0.444 e. The van der Waals surface area contributed by atoms with E-state index in [0.717, 1.165) is 6.20 Å². The van der Waals surface area contributed by atoms with Crippen LogP contribution in [0, 0.1) is 11.7 Å². The maximum atomic E-state index is 13.6. The molecule has 0 bridgehead atoms. The predicted octanol–water partition coefficient (Wildman–Crippen LogP) is 2.58. The molecule has 2 unspecified atom stereocenters. The second-order valence-electron chi connectivity index (χ2n) is 8.85. The molecule has 1 aromatic carbocycles.